The Kier molecular flexibility index (Phi) is 4.99. The van der Waals surface area contributed by atoms with Gasteiger partial charge in [-0.3, -0.25) is 9.59 Å². The summed E-state index contributed by atoms with van der Waals surface area (Å²) in [4.78, 5) is 25.6. The van der Waals surface area contributed by atoms with Crippen LogP contribution in [-0.2, 0) is 9.59 Å². The molecule has 0 spiro atoms. The number of piperidine rings is 2. The zero-order valence-electron chi connectivity index (χ0n) is 10.9. The fourth-order valence-electron chi connectivity index (χ4n) is 2.62. The van der Waals surface area contributed by atoms with Gasteiger partial charge in [-0.05, 0) is 38.6 Å². The molecule has 2 amide bonds. The number of hydrogen-bond acceptors (Lipinski definition) is 3. The first-order chi connectivity index (χ1) is 8.77. The second-order valence-corrected chi connectivity index (χ2v) is 5.16. The van der Waals surface area contributed by atoms with Crippen molar-refractivity contribution < 1.29 is 9.59 Å². The van der Waals surface area contributed by atoms with E-state index in [9.17, 15) is 9.59 Å². The van der Waals surface area contributed by atoms with E-state index < -0.39 is 0 Å². The van der Waals surface area contributed by atoms with Gasteiger partial charge in [0.1, 0.15) is 0 Å². The number of amides is 2. The standard InChI is InChI=1S/C13H23N3O2/c17-12(16-8-4-1-5-9-16)10-15-13(18)11-6-2-3-7-14-11/h11,14H,1-10H2,(H,15,18)/t11-/m0/s1. The number of rotatable bonds is 3. The first kappa shape index (κ1) is 13.3. The predicted octanol–water partition coefficient (Wildman–Crippen LogP) is 0.257. The van der Waals surface area contributed by atoms with Crippen LogP contribution in [0.4, 0.5) is 0 Å². The maximum atomic E-state index is 11.9. The molecule has 0 bridgehead atoms. The Morgan fingerprint density at radius 2 is 1.89 bits per heavy atom. The van der Waals surface area contributed by atoms with Crippen LogP contribution in [0.1, 0.15) is 38.5 Å². The highest BCUT2D eigenvalue weighted by molar-refractivity contribution is 5.87. The number of likely N-dealkylation sites (tertiary alicyclic amines) is 1. The molecule has 5 heteroatoms. The molecule has 1 atom stereocenters. The molecule has 2 N–H and O–H groups in total. The summed E-state index contributed by atoms with van der Waals surface area (Å²) in [5.74, 6) is 0.0268. The van der Waals surface area contributed by atoms with Crippen molar-refractivity contribution in [2.45, 2.75) is 44.6 Å². The molecule has 2 saturated heterocycles. The number of carbonyl (C=O) groups is 2. The first-order valence-electron chi connectivity index (χ1n) is 7.06. The number of nitrogens with zero attached hydrogens (tertiary/aromatic N) is 1. The van der Waals surface area contributed by atoms with Crippen molar-refractivity contribution in [3.05, 3.63) is 0 Å². The quantitative estimate of drug-likeness (QED) is 0.758. The molecular formula is C13H23N3O2. The van der Waals surface area contributed by atoms with E-state index in [0.29, 0.717) is 0 Å². The van der Waals surface area contributed by atoms with Crippen LogP contribution in [0.3, 0.4) is 0 Å². The van der Waals surface area contributed by atoms with E-state index >= 15 is 0 Å². The molecular weight excluding hydrogens is 230 g/mol. The molecule has 2 aliphatic heterocycles. The average molecular weight is 253 g/mol. The van der Waals surface area contributed by atoms with Gasteiger partial charge in [0.2, 0.25) is 11.8 Å². The van der Waals surface area contributed by atoms with E-state index in [1.807, 2.05) is 4.90 Å². The van der Waals surface area contributed by atoms with Crippen LogP contribution in [0, 0.1) is 0 Å². The lowest BCUT2D eigenvalue weighted by Crippen LogP contribution is -2.50. The summed E-state index contributed by atoms with van der Waals surface area (Å²) in [6.45, 7) is 2.74. The maximum absolute atomic E-state index is 11.9. The van der Waals surface area contributed by atoms with Gasteiger partial charge in [0.05, 0.1) is 12.6 Å². The van der Waals surface area contributed by atoms with Crippen LogP contribution in [0.25, 0.3) is 0 Å². The predicted molar refractivity (Wildman–Crippen MR) is 69.1 cm³/mol. The van der Waals surface area contributed by atoms with Crippen LogP contribution in [0.15, 0.2) is 0 Å². The fourth-order valence-corrected chi connectivity index (χ4v) is 2.62. The van der Waals surface area contributed by atoms with E-state index in [4.69, 9.17) is 0 Å². The van der Waals surface area contributed by atoms with Crippen LogP contribution in [0.5, 0.6) is 0 Å². The smallest absolute Gasteiger partial charge is 0.241 e. The van der Waals surface area contributed by atoms with Gasteiger partial charge in [0, 0.05) is 13.1 Å². The average Bonchev–Trinajstić information content (AvgIpc) is 2.46. The molecule has 2 heterocycles. The van der Waals surface area contributed by atoms with E-state index in [1.54, 1.807) is 0 Å². The number of hydrogen-bond donors (Lipinski definition) is 2. The third-order valence-corrected chi connectivity index (χ3v) is 3.75. The molecule has 0 aromatic heterocycles. The summed E-state index contributed by atoms with van der Waals surface area (Å²) in [5.41, 5.74) is 0. The monoisotopic (exact) mass is 253 g/mol. The van der Waals surface area contributed by atoms with Gasteiger partial charge in [0.25, 0.3) is 0 Å². The second-order valence-electron chi connectivity index (χ2n) is 5.16. The molecule has 0 radical (unpaired) electrons. The number of nitrogens with one attached hydrogen (secondary N) is 2. The van der Waals surface area contributed by atoms with Crippen LogP contribution in [-0.4, -0.2) is 48.9 Å². The molecule has 2 rings (SSSR count). The van der Waals surface area contributed by atoms with Gasteiger partial charge in [0.15, 0.2) is 0 Å². The molecule has 102 valence electrons. The summed E-state index contributed by atoms with van der Waals surface area (Å²) < 4.78 is 0. The van der Waals surface area contributed by atoms with Gasteiger partial charge < -0.3 is 15.5 Å². The molecule has 2 aliphatic rings. The zero-order valence-corrected chi connectivity index (χ0v) is 10.9. The minimum Gasteiger partial charge on any atom is -0.346 e. The summed E-state index contributed by atoms with van der Waals surface area (Å²) in [6.07, 6.45) is 6.49. The Morgan fingerprint density at radius 3 is 2.56 bits per heavy atom. The van der Waals surface area contributed by atoms with Crippen molar-refractivity contribution in [1.29, 1.82) is 0 Å². The van der Waals surface area contributed by atoms with Crippen molar-refractivity contribution in [3.8, 4) is 0 Å². The normalized spacial score (nSPS) is 24.7. The Bertz CT molecular complexity index is 265. The summed E-state index contributed by atoms with van der Waals surface area (Å²) >= 11 is 0. The van der Waals surface area contributed by atoms with Gasteiger partial charge >= 0.3 is 0 Å². The van der Waals surface area contributed by atoms with Crippen molar-refractivity contribution in [2.24, 2.45) is 0 Å². The fraction of sp³-hybridized carbons (Fsp3) is 0.846. The van der Waals surface area contributed by atoms with E-state index in [0.717, 1.165) is 51.7 Å². The SMILES string of the molecule is O=C(NCC(=O)N1CCCCC1)[C@@H]1CCCCN1. The Hall–Kier alpha value is -1.10. The number of carbonyl (C=O) groups excluding carboxylic acids is 2. The van der Waals surface area contributed by atoms with Gasteiger partial charge in [-0.1, -0.05) is 6.42 Å². The molecule has 0 unspecified atom stereocenters. The largest absolute Gasteiger partial charge is 0.346 e. The van der Waals surface area contributed by atoms with E-state index in [1.165, 1.54) is 6.42 Å². The van der Waals surface area contributed by atoms with Gasteiger partial charge in [-0.2, -0.15) is 0 Å². The lowest BCUT2D eigenvalue weighted by Gasteiger charge is -2.27. The van der Waals surface area contributed by atoms with Gasteiger partial charge in [-0.25, -0.2) is 0 Å². The Balaban J connectivity index is 1.69. The zero-order chi connectivity index (χ0) is 12.8. The summed E-state index contributed by atoms with van der Waals surface area (Å²) in [6, 6.07) is -0.104. The lowest BCUT2D eigenvalue weighted by molar-refractivity contribution is -0.134. The van der Waals surface area contributed by atoms with Crippen molar-refractivity contribution >= 4 is 11.8 Å². The third-order valence-electron chi connectivity index (χ3n) is 3.75. The first-order valence-corrected chi connectivity index (χ1v) is 7.06. The Morgan fingerprint density at radius 1 is 1.11 bits per heavy atom. The Labute approximate surface area is 108 Å². The van der Waals surface area contributed by atoms with Crippen LogP contribution >= 0.6 is 0 Å². The van der Waals surface area contributed by atoms with Gasteiger partial charge in [-0.15, -0.1) is 0 Å². The summed E-state index contributed by atoms with van der Waals surface area (Å²) in [5, 5.41) is 5.94. The maximum Gasteiger partial charge on any atom is 0.241 e. The minimum atomic E-state index is -0.104. The topological polar surface area (TPSA) is 61.4 Å². The second kappa shape index (κ2) is 6.73. The van der Waals surface area contributed by atoms with E-state index in [-0.39, 0.29) is 24.4 Å². The molecule has 0 aliphatic carbocycles. The highest BCUT2D eigenvalue weighted by atomic mass is 16.2. The van der Waals surface area contributed by atoms with Crippen molar-refractivity contribution in [1.82, 2.24) is 15.5 Å². The minimum absolute atomic E-state index is 0.0277. The molecule has 5 nitrogen and oxygen atoms in total. The van der Waals surface area contributed by atoms with Crippen molar-refractivity contribution in [3.63, 3.8) is 0 Å². The molecule has 2 fully saturated rings. The lowest BCUT2D eigenvalue weighted by atomic mass is 10.0. The third kappa shape index (κ3) is 3.70. The highest BCUT2D eigenvalue weighted by Gasteiger charge is 2.22. The van der Waals surface area contributed by atoms with E-state index in [2.05, 4.69) is 10.6 Å². The molecule has 0 aromatic carbocycles. The molecule has 0 saturated carbocycles. The molecule has 0 aromatic rings. The summed E-state index contributed by atoms with van der Waals surface area (Å²) in [7, 11) is 0. The van der Waals surface area contributed by atoms with Crippen LogP contribution in [0.2, 0.25) is 0 Å². The van der Waals surface area contributed by atoms with Crippen molar-refractivity contribution in [2.75, 3.05) is 26.2 Å². The molecule has 18 heavy (non-hydrogen) atoms. The van der Waals surface area contributed by atoms with Crippen LogP contribution < -0.4 is 10.6 Å². The highest BCUT2D eigenvalue weighted by Crippen LogP contribution is 2.09.